The number of anilines is 1. The summed E-state index contributed by atoms with van der Waals surface area (Å²) in [4.78, 5) is 16.2. The maximum absolute atomic E-state index is 12.0. The molecule has 1 heterocycles. The molecule has 0 unspecified atom stereocenters. The molecule has 0 bridgehead atoms. The van der Waals surface area contributed by atoms with Crippen molar-refractivity contribution >= 4 is 11.6 Å². The molecule has 21 heavy (non-hydrogen) atoms. The number of pyridine rings is 1. The van der Waals surface area contributed by atoms with Crippen molar-refractivity contribution in [1.29, 1.82) is 0 Å². The number of methoxy groups -OCH3 is 1. The Hall–Kier alpha value is -2.40. The van der Waals surface area contributed by atoms with E-state index in [1.165, 1.54) is 0 Å². The molecule has 0 aliphatic rings. The van der Waals surface area contributed by atoms with Gasteiger partial charge in [-0.3, -0.25) is 9.78 Å². The van der Waals surface area contributed by atoms with Crippen LogP contribution in [0.25, 0.3) is 0 Å². The van der Waals surface area contributed by atoms with Crippen molar-refractivity contribution in [2.75, 3.05) is 19.0 Å². The molecular weight excluding hydrogens is 266 g/mol. The lowest BCUT2D eigenvalue weighted by molar-refractivity contribution is -0.115. The van der Waals surface area contributed by atoms with Crippen LogP contribution >= 0.6 is 0 Å². The molecule has 1 aromatic carbocycles. The fourth-order valence-electron chi connectivity index (χ4n) is 1.92. The van der Waals surface area contributed by atoms with Crippen LogP contribution in [0, 0.1) is 0 Å². The Bertz CT molecular complexity index is 587. The van der Waals surface area contributed by atoms with E-state index in [-0.39, 0.29) is 18.5 Å². The molecule has 2 N–H and O–H groups in total. The number of ether oxygens (including phenoxy) is 1. The van der Waals surface area contributed by atoms with Gasteiger partial charge in [0, 0.05) is 12.2 Å². The van der Waals surface area contributed by atoms with Gasteiger partial charge in [-0.05, 0) is 31.2 Å². The summed E-state index contributed by atoms with van der Waals surface area (Å²) in [5, 5.41) is 5.96. The summed E-state index contributed by atoms with van der Waals surface area (Å²) in [6.07, 6.45) is 1.74. The predicted molar refractivity (Wildman–Crippen MR) is 82.3 cm³/mol. The van der Waals surface area contributed by atoms with Crippen LogP contribution in [0.15, 0.2) is 48.7 Å². The molecule has 110 valence electrons. The van der Waals surface area contributed by atoms with E-state index in [1.54, 1.807) is 25.4 Å². The molecule has 2 rings (SSSR count). The lowest BCUT2D eigenvalue weighted by atomic mass is 10.2. The number of aromatic nitrogens is 1. The van der Waals surface area contributed by atoms with Gasteiger partial charge in [-0.2, -0.15) is 0 Å². The fraction of sp³-hybridized carbons (Fsp3) is 0.250. The Morgan fingerprint density at radius 2 is 2.00 bits per heavy atom. The second-order valence-electron chi connectivity index (χ2n) is 4.61. The van der Waals surface area contributed by atoms with Gasteiger partial charge < -0.3 is 15.4 Å². The zero-order valence-electron chi connectivity index (χ0n) is 12.2. The third-order valence-electron chi connectivity index (χ3n) is 3.08. The normalized spacial score (nSPS) is 11.7. The van der Waals surface area contributed by atoms with E-state index in [0.717, 1.165) is 5.69 Å². The van der Waals surface area contributed by atoms with Crippen molar-refractivity contribution in [3.8, 4) is 5.75 Å². The molecule has 0 saturated heterocycles. The summed E-state index contributed by atoms with van der Waals surface area (Å²) in [5.74, 6) is 0.519. The van der Waals surface area contributed by atoms with Crippen molar-refractivity contribution in [2.45, 2.75) is 13.0 Å². The number of nitrogens with one attached hydrogen (secondary N) is 2. The summed E-state index contributed by atoms with van der Waals surface area (Å²) >= 11 is 0. The van der Waals surface area contributed by atoms with Crippen molar-refractivity contribution in [3.05, 3.63) is 54.4 Å². The maximum Gasteiger partial charge on any atom is 0.238 e. The predicted octanol–water partition coefficient (Wildman–Crippen LogP) is 2.38. The zero-order chi connectivity index (χ0) is 15.1. The summed E-state index contributed by atoms with van der Waals surface area (Å²) < 4.78 is 5.20. The second kappa shape index (κ2) is 7.40. The number of benzene rings is 1. The molecular formula is C16H19N3O2. The number of hydrogen-bond donors (Lipinski definition) is 2. The summed E-state index contributed by atoms with van der Waals surface area (Å²) in [5.41, 5.74) is 1.57. The summed E-state index contributed by atoms with van der Waals surface area (Å²) in [6.45, 7) is 2.18. The van der Waals surface area contributed by atoms with Gasteiger partial charge in [-0.25, -0.2) is 0 Å². The number of nitrogens with zero attached hydrogens (tertiary/aromatic N) is 1. The van der Waals surface area contributed by atoms with E-state index >= 15 is 0 Å². The zero-order valence-corrected chi connectivity index (χ0v) is 12.2. The van der Waals surface area contributed by atoms with Gasteiger partial charge >= 0.3 is 0 Å². The van der Waals surface area contributed by atoms with Gasteiger partial charge in [0.2, 0.25) is 5.91 Å². The van der Waals surface area contributed by atoms with Gasteiger partial charge in [0.05, 0.1) is 25.0 Å². The van der Waals surface area contributed by atoms with Gasteiger partial charge in [-0.15, -0.1) is 0 Å². The average Bonchev–Trinajstić information content (AvgIpc) is 2.54. The molecule has 5 heteroatoms. The van der Waals surface area contributed by atoms with E-state index in [1.807, 2.05) is 37.3 Å². The number of amides is 1. The van der Waals surface area contributed by atoms with Crippen LogP contribution in [-0.2, 0) is 4.79 Å². The van der Waals surface area contributed by atoms with Crippen LogP contribution in [0.3, 0.4) is 0 Å². The lowest BCUT2D eigenvalue weighted by Gasteiger charge is -2.14. The van der Waals surface area contributed by atoms with E-state index in [0.29, 0.717) is 11.4 Å². The molecule has 2 aromatic rings. The molecule has 0 fully saturated rings. The Labute approximate surface area is 124 Å². The molecule has 0 aliphatic heterocycles. The SMILES string of the molecule is COc1ccccc1NC(=O)CN[C@H](C)c1ccccn1. The summed E-state index contributed by atoms with van der Waals surface area (Å²) in [7, 11) is 1.58. The first-order chi connectivity index (χ1) is 10.2. The first kappa shape index (κ1) is 15.0. The molecule has 1 atom stereocenters. The second-order valence-corrected chi connectivity index (χ2v) is 4.61. The smallest absolute Gasteiger partial charge is 0.238 e. The Morgan fingerprint density at radius 3 is 2.71 bits per heavy atom. The highest BCUT2D eigenvalue weighted by Crippen LogP contribution is 2.22. The molecule has 5 nitrogen and oxygen atoms in total. The van der Waals surface area contributed by atoms with E-state index in [4.69, 9.17) is 4.74 Å². The van der Waals surface area contributed by atoms with Crippen molar-refractivity contribution in [1.82, 2.24) is 10.3 Å². The molecule has 1 aromatic heterocycles. The van der Waals surface area contributed by atoms with Crippen LogP contribution in [0.5, 0.6) is 5.75 Å². The monoisotopic (exact) mass is 285 g/mol. The topological polar surface area (TPSA) is 63.2 Å². The molecule has 0 radical (unpaired) electrons. The van der Waals surface area contributed by atoms with Gasteiger partial charge in [0.1, 0.15) is 5.75 Å². The Kier molecular flexibility index (Phi) is 5.29. The van der Waals surface area contributed by atoms with Gasteiger partial charge in [0.15, 0.2) is 0 Å². The van der Waals surface area contributed by atoms with Crippen molar-refractivity contribution in [3.63, 3.8) is 0 Å². The van der Waals surface area contributed by atoms with Crippen LogP contribution in [0.4, 0.5) is 5.69 Å². The van der Waals surface area contributed by atoms with Crippen LogP contribution < -0.4 is 15.4 Å². The number of carbonyl (C=O) groups is 1. The van der Waals surface area contributed by atoms with Gasteiger partial charge in [0.25, 0.3) is 0 Å². The minimum absolute atomic E-state index is 0.00891. The highest BCUT2D eigenvalue weighted by atomic mass is 16.5. The Balaban J connectivity index is 1.88. The third-order valence-corrected chi connectivity index (χ3v) is 3.08. The number of para-hydroxylation sites is 2. The van der Waals surface area contributed by atoms with E-state index in [9.17, 15) is 4.79 Å². The summed E-state index contributed by atoms with van der Waals surface area (Å²) in [6, 6.07) is 13.0. The lowest BCUT2D eigenvalue weighted by Crippen LogP contribution is -2.30. The number of carbonyl (C=O) groups excluding carboxylic acids is 1. The van der Waals surface area contributed by atoms with E-state index in [2.05, 4.69) is 15.6 Å². The first-order valence-corrected chi connectivity index (χ1v) is 6.78. The average molecular weight is 285 g/mol. The first-order valence-electron chi connectivity index (χ1n) is 6.78. The van der Waals surface area contributed by atoms with Crippen LogP contribution in [0.2, 0.25) is 0 Å². The van der Waals surface area contributed by atoms with Crippen LogP contribution in [-0.4, -0.2) is 24.5 Å². The minimum Gasteiger partial charge on any atom is -0.495 e. The van der Waals surface area contributed by atoms with E-state index < -0.39 is 0 Å². The molecule has 0 saturated carbocycles. The quantitative estimate of drug-likeness (QED) is 0.855. The maximum atomic E-state index is 12.0. The standard InChI is InChI=1S/C16H19N3O2/c1-12(13-7-5-6-10-17-13)18-11-16(20)19-14-8-3-4-9-15(14)21-2/h3-10,12,18H,11H2,1-2H3,(H,19,20)/t12-/m1/s1. The minimum atomic E-state index is -0.123. The third kappa shape index (κ3) is 4.29. The highest BCUT2D eigenvalue weighted by molar-refractivity contribution is 5.93. The fourth-order valence-corrected chi connectivity index (χ4v) is 1.92. The van der Waals surface area contributed by atoms with Crippen LogP contribution in [0.1, 0.15) is 18.7 Å². The highest BCUT2D eigenvalue weighted by Gasteiger charge is 2.10. The van der Waals surface area contributed by atoms with Crippen molar-refractivity contribution < 1.29 is 9.53 Å². The number of rotatable bonds is 6. The van der Waals surface area contributed by atoms with Crippen molar-refractivity contribution in [2.24, 2.45) is 0 Å². The Morgan fingerprint density at radius 1 is 1.24 bits per heavy atom. The largest absolute Gasteiger partial charge is 0.495 e. The molecule has 0 spiro atoms. The molecule has 1 amide bonds. The molecule has 0 aliphatic carbocycles. The van der Waals surface area contributed by atoms with Gasteiger partial charge in [-0.1, -0.05) is 18.2 Å². The number of hydrogen-bond acceptors (Lipinski definition) is 4.